The van der Waals surface area contributed by atoms with Gasteiger partial charge in [-0.15, -0.1) is 0 Å². The molecule has 1 aliphatic heterocycles. The molecule has 2 nitrogen and oxygen atoms in total. The molecule has 2 atom stereocenters. The van der Waals surface area contributed by atoms with Gasteiger partial charge in [-0.05, 0) is 48.1 Å². The third kappa shape index (κ3) is 3.06. The van der Waals surface area contributed by atoms with Crippen molar-refractivity contribution in [3.05, 3.63) is 29.3 Å². The quantitative estimate of drug-likeness (QED) is 0.870. The second-order valence-electron chi connectivity index (χ2n) is 4.12. The number of nitrogens with one attached hydrogen (secondary N) is 1. The van der Waals surface area contributed by atoms with Crippen LogP contribution in [0.1, 0.15) is 6.42 Å². The van der Waals surface area contributed by atoms with Crippen molar-refractivity contribution in [2.75, 3.05) is 23.4 Å². The molecule has 0 bridgehead atoms. The average molecular weight is 257 g/mol. The number of benzene rings is 1. The second-order valence-corrected chi connectivity index (χ2v) is 5.70. The average Bonchev–Trinajstić information content (AvgIpc) is 2.82. The number of rotatable bonds is 4. The number of anilines is 1. The van der Waals surface area contributed by atoms with Crippen LogP contribution in [0.3, 0.4) is 0 Å². The predicted molar refractivity (Wildman–Crippen MR) is 73.3 cm³/mol. The molecule has 1 fully saturated rings. The molecule has 1 aromatic carbocycles. The molecule has 0 saturated carbocycles. The van der Waals surface area contributed by atoms with Crippen LogP contribution in [0.25, 0.3) is 0 Å². The molecule has 16 heavy (non-hydrogen) atoms. The maximum absolute atomic E-state index is 5.85. The lowest BCUT2D eigenvalue weighted by Gasteiger charge is -2.23. The highest BCUT2D eigenvalue weighted by Gasteiger charge is 2.24. The Morgan fingerprint density at radius 3 is 2.75 bits per heavy atom. The van der Waals surface area contributed by atoms with Crippen molar-refractivity contribution in [3.8, 4) is 0 Å². The summed E-state index contributed by atoms with van der Waals surface area (Å²) in [5, 5.41) is 4.27. The molecule has 88 valence electrons. The Balaban J connectivity index is 1.97. The van der Waals surface area contributed by atoms with E-state index < -0.39 is 0 Å². The van der Waals surface area contributed by atoms with Gasteiger partial charge in [0.2, 0.25) is 0 Å². The van der Waals surface area contributed by atoms with Crippen LogP contribution in [0.2, 0.25) is 5.02 Å². The number of nitrogens with two attached hydrogens (primary N) is 1. The Morgan fingerprint density at radius 1 is 1.44 bits per heavy atom. The molecule has 0 aliphatic carbocycles. The van der Waals surface area contributed by atoms with Gasteiger partial charge in [0, 0.05) is 23.3 Å². The Morgan fingerprint density at radius 2 is 2.19 bits per heavy atom. The van der Waals surface area contributed by atoms with Gasteiger partial charge in [0.05, 0.1) is 0 Å². The second kappa shape index (κ2) is 5.80. The van der Waals surface area contributed by atoms with Crippen molar-refractivity contribution in [1.82, 2.24) is 0 Å². The first-order valence-electron chi connectivity index (χ1n) is 5.59. The van der Waals surface area contributed by atoms with Gasteiger partial charge in [0.25, 0.3) is 0 Å². The summed E-state index contributed by atoms with van der Waals surface area (Å²) >= 11 is 7.88. The van der Waals surface area contributed by atoms with E-state index in [4.69, 9.17) is 17.3 Å². The summed E-state index contributed by atoms with van der Waals surface area (Å²) in [6.45, 7) is 0.688. The lowest BCUT2D eigenvalue weighted by molar-refractivity contribution is 0.499. The topological polar surface area (TPSA) is 38.0 Å². The van der Waals surface area contributed by atoms with E-state index >= 15 is 0 Å². The molecular weight excluding hydrogens is 240 g/mol. The summed E-state index contributed by atoms with van der Waals surface area (Å²) in [4.78, 5) is 0. The molecule has 1 heterocycles. The number of halogens is 1. The zero-order chi connectivity index (χ0) is 11.4. The summed E-state index contributed by atoms with van der Waals surface area (Å²) in [5.41, 5.74) is 6.94. The van der Waals surface area contributed by atoms with E-state index in [-0.39, 0.29) is 0 Å². The Kier molecular flexibility index (Phi) is 4.38. The number of hydrogen-bond acceptors (Lipinski definition) is 3. The highest BCUT2D eigenvalue weighted by molar-refractivity contribution is 7.99. The maximum atomic E-state index is 5.85. The minimum absolute atomic E-state index is 0.385. The minimum atomic E-state index is 0.385. The van der Waals surface area contributed by atoms with Crippen LogP contribution in [0.15, 0.2) is 24.3 Å². The maximum Gasteiger partial charge on any atom is 0.0420 e. The smallest absolute Gasteiger partial charge is 0.0420 e. The van der Waals surface area contributed by atoms with E-state index in [9.17, 15) is 0 Å². The highest BCUT2D eigenvalue weighted by Crippen LogP contribution is 2.27. The first-order chi connectivity index (χ1) is 7.79. The van der Waals surface area contributed by atoms with Gasteiger partial charge in [-0.2, -0.15) is 11.8 Å². The molecule has 4 heteroatoms. The van der Waals surface area contributed by atoms with E-state index in [1.54, 1.807) is 0 Å². The van der Waals surface area contributed by atoms with Crippen molar-refractivity contribution in [3.63, 3.8) is 0 Å². The molecule has 0 aromatic heterocycles. The lowest BCUT2D eigenvalue weighted by atomic mass is 9.99. The van der Waals surface area contributed by atoms with Crippen molar-refractivity contribution in [2.45, 2.75) is 12.5 Å². The molecule has 1 aliphatic rings. The largest absolute Gasteiger partial charge is 0.381 e. The standard InChI is InChI=1S/C12H17ClN2S/c13-10-1-3-11(4-2-10)15-12(7-14)9-5-6-16-8-9/h1-4,9,12,15H,5-8,14H2. The fraction of sp³-hybridized carbons (Fsp3) is 0.500. The molecule has 2 unspecified atom stereocenters. The number of thioether (sulfide) groups is 1. The van der Waals surface area contributed by atoms with Gasteiger partial charge in [-0.25, -0.2) is 0 Å². The minimum Gasteiger partial charge on any atom is -0.381 e. The fourth-order valence-corrected chi connectivity index (χ4v) is 3.46. The molecule has 0 amide bonds. The Bertz CT molecular complexity index is 322. The first kappa shape index (κ1) is 12.1. The van der Waals surface area contributed by atoms with E-state index in [1.807, 2.05) is 36.0 Å². The van der Waals surface area contributed by atoms with Crippen molar-refractivity contribution in [2.24, 2.45) is 11.7 Å². The SMILES string of the molecule is NCC(Nc1ccc(Cl)cc1)C1CCSC1. The van der Waals surface area contributed by atoms with Crippen molar-refractivity contribution >= 4 is 29.1 Å². The van der Waals surface area contributed by atoms with Gasteiger partial charge in [0.1, 0.15) is 0 Å². The molecule has 1 aromatic rings. The highest BCUT2D eigenvalue weighted by atomic mass is 35.5. The molecule has 0 spiro atoms. The third-order valence-corrected chi connectivity index (χ3v) is 4.42. The third-order valence-electron chi connectivity index (χ3n) is 2.98. The van der Waals surface area contributed by atoms with Crippen LogP contribution in [-0.4, -0.2) is 24.1 Å². The predicted octanol–water partition coefficient (Wildman–Crippen LogP) is 2.83. The van der Waals surface area contributed by atoms with Gasteiger partial charge < -0.3 is 11.1 Å². The zero-order valence-electron chi connectivity index (χ0n) is 9.16. The van der Waals surface area contributed by atoms with Crippen LogP contribution >= 0.6 is 23.4 Å². The van der Waals surface area contributed by atoms with E-state index in [1.165, 1.54) is 17.9 Å². The van der Waals surface area contributed by atoms with E-state index in [2.05, 4.69) is 5.32 Å². The van der Waals surface area contributed by atoms with Gasteiger partial charge in [0.15, 0.2) is 0 Å². The summed E-state index contributed by atoms with van der Waals surface area (Å²) < 4.78 is 0. The molecular formula is C12H17ClN2S. The summed E-state index contributed by atoms with van der Waals surface area (Å²) in [6, 6.07) is 8.21. The molecule has 3 N–H and O–H groups in total. The Labute approximate surface area is 106 Å². The van der Waals surface area contributed by atoms with Gasteiger partial charge in [-0.1, -0.05) is 11.6 Å². The van der Waals surface area contributed by atoms with Crippen LogP contribution < -0.4 is 11.1 Å². The Hall–Kier alpha value is -0.380. The monoisotopic (exact) mass is 256 g/mol. The van der Waals surface area contributed by atoms with E-state index in [0.29, 0.717) is 18.5 Å². The summed E-state index contributed by atoms with van der Waals surface area (Å²) in [5.74, 6) is 3.19. The molecule has 2 rings (SSSR count). The van der Waals surface area contributed by atoms with E-state index in [0.717, 1.165) is 10.7 Å². The molecule has 0 radical (unpaired) electrons. The van der Waals surface area contributed by atoms with Gasteiger partial charge >= 0.3 is 0 Å². The fourth-order valence-electron chi connectivity index (χ4n) is 2.00. The van der Waals surface area contributed by atoms with Crippen LogP contribution in [-0.2, 0) is 0 Å². The van der Waals surface area contributed by atoms with Crippen LogP contribution in [0.5, 0.6) is 0 Å². The summed E-state index contributed by atoms with van der Waals surface area (Å²) in [6.07, 6.45) is 1.27. The van der Waals surface area contributed by atoms with Crippen molar-refractivity contribution < 1.29 is 0 Å². The van der Waals surface area contributed by atoms with Crippen LogP contribution in [0, 0.1) is 5.92 Å². The lowest BCUT2D eigenvalue weighted by Crippen LogP contribution is -2.36. The summed E-state index contributed by atoms with van der Waals surface area (Å²) in [7, 11) is 0. The van der Waals surface area contributed by atoms with Crippen LogP contribution in [0.4, 0.5) is 5.69 Å². The number of hydrogen-bond donors (Lipinski definition) is 2. The molecule has 1 saturated heterocycles. The first-order valence-corrected chi connectivity index (χ1v) is 7.13. The normalized spacial score (nSPS) is 22.0. The van der Waals surface area contributed by atoms with Gasteiger partial charge in [-0.3, -0.25) is 0 Å². The van der Waals surface area contributed by atoms with Crippen molar-refractivity contribution in [1.29, 1.82) is 0 Å². The zero-order valence-corrected chi connectivity index (χ0v) is 10.7.